The normalized spacial score (nSPS) is 17.1. The molecule has 1 aliphatic rings. The van der Waals surface area contributed by atoms with Gasteiger partial charge in [0.25, 0.3) is 0 Å². The Kier molecular flexibility index (Phi) is 7.23. The third-order valence-corrected chi connectivity index (χ3v) is 6.79. The number of rotatable bonds is 9. The van der Waals surface area contributed by atoms with E-state index in [-0.39, 0.29) is 25.1 Å². The maximum absolute atomic E-state index is 13.1. The average molecular weight is 423 g/mol. The zero-order chi connectivity index (χ0) is 20.0. The van der Waals surface area contributed by atoms with Crippen LogP contribution in [0.5, 0.6) is 0 Å². The van der Waals surface area contributed by atoms with Gasteiger partial charge in [-0.25, -0.2) is 8.42 Å². The molecule has 6 nitrogen and oxygen atoms in total. The van der Waals surface area contributed by atoms with Gasteiger partial charge in [0.1, 0.15) is 0 Å². The lowest BCUT2D eigenvalue weighted by atomic mass is 10.2. The van der Waals surface area contributed by atoms with E-state index in [9.17, 15) is 13.2 Å². The van der Waals surface area contributed by atoms with Gasteiger partial charge in [-0.2, -0.15) is 4.31 Å². The SMILES string of the molecule is CS(=O)(=O)N(CC(=O)N(Cc1ccccc1)Cc1cccs1)C[C@H]1CCCO1. The number of hydrogen-bond donors (Lipinski definition) is 0. The number of sulfonamides is 1. The van der Waals surface area contributed by atoms with Crippen molar-refractivity contribution in [1.29, 1.82) is 0 Å². The minimum Gasteiger partial charge on any atom is -0.377 e. The molecule has 1 amide bonds. The Morgan fingerprint density at radius 2 is 1.96 bits per heavy atom. The van der Waals surface area contributed by atoms with E-state index in [1.54, 1.807) is 16.2 Å². The minimum atomic E-state index is -3.51. The highest BCUT2D eigenvalue weighted by atomic mass is 32.2. The van der Waals surface area contributed by atoms with E-state index in [0.29, 0.717) is 19.7 Å². The molecule has 1 saturated heterocycles. The molecule has 152 valence electrons. The van der Waals surface area contributed by atoms with Crippen LogP contribution >= 0.6 is 11.3 Å². The monoisotopic (exact) mass is 422 g/mol. The van der Waals surface area contributed by atoms with Crippen LogP contribution < -0.4 is 0 Å². The van der Waals surface area contributed by atoms with Crippen LogP contribution in [0, 0.1) is 0 Å². The average Bonchev–Trinajstić information content (AvgIpc) is 3.34. The van der Waals surface area contributed by atoms with Crippen molar-refractivity contribution in [2.75, 3.05) is 26.0 Å². The Labute approximate surface area is 170 Å². The van der Waals surface area contributed by atoms with Crippen molar-refractivity contribution in [1.82, 2.24) is 9.21 Å². The van der Waals surface area contributed by atoms with E-state index in [1.165, 1.54) is 4.31 Å². The lowest BCUT2D eigenvalue weighted by Crippen LogP contribution is -2.44. The standard InChI is InChI=1S/C20H26N2O4S2/c1-28(24,25)22(14-18-9-5-11-26-18)16-20(23)21(15-19-10-6-12-27-19)13-17-7-3-2-4-8-17/h2-4,6-8,10,12,18H,5,9,11,13-16H2,1H3/t18-/m1/s1. The fourth-order valence-electron chi connectivity index (χ4n) is 3.21. The van der Waals surface area contributed by atoms with Gasteiger partial charge in [0.05, 0.1) is 25.4 Å². The van der Waals surface area contributed by atoms with Gasteiger partial charge in [-0.05, 0) is 29.9 Å². The largest absolute Gasteiger partial charge is 0.377 e. The fourth-order valence-corrected chi connectivity index (χ4v) is 4.71. The molecule has 1 aliphatic heterocycles. The van der Waals surface area contributed by atoms with Gasteiger partial charge in [0.15, 0.2) is 0 Å². The second kappa shape index (κ2) is 9.65. The molecule has 0 unspecified atom stereocenters. The predicted octanol–water partition coefficient (Wildman–Crippen LogP) is 2.72. The molecule has 8 heteroatoms. The van der Waals surface area contributed by atoms with Crippen LogP contribution in [-0.4, -0.2) is 55.6 Å². The van der Waals surface area contributed by atoms with Crippen molar-refractivity contribution < 1.29 is 17.9 Å². The molecule has 1 aromatic heterocycles. The maximum atomic E-state index is 13.1. The summed E-state index contributed by atoms with van der Waals surface area (Å²) in [6.45, 7) is 1.60. The van der Waals surface area contributed by atoms with Gasteiger partial charge in [0.2, 0.25) is 15.9 Å². The molecular weight excluding hydrogens is 396 g/mol. The van der Waals surface area contributed by atoms with E-state index in [2.05, 4.69) is 0 Å². The molecule has 0 bridgehead atoms. The number of hydrogen-bond acceptors (Lipinski definition) is 5. The Hall–Kier alpha value is -1.74. The van der Waals surface area contributed by atoms with E-state index >= 15 is 0 Å². The number of carbonyl (C=O) groups is 1. The Balaban J connectivity index is 1.73. The van der Waals surface area contributed by atoms with Gasteiger partial charge in [-0.1, -0.05) is 36.4 Å². The Morgan fingerprint density at radius 1 is 1.18 bits per heavy atom. The van der Waals surface area contributed by atoms with Crippen molar-refractivity contribution >= 4 is 27.3 Å². The predicted molar refractivity (Wildman–Crippen MR) is 110 cm³/mol. The molecule has 1 fully saturated rings. The van der Waals surface area contributed by atoms with Crippen LogP contribution in [0.3, 0.4) is 0 Å². The van der Waals surface area contributed by atoms with Crippen molar-refractivity contribution in [3.63, 3.8) is 0 Å². The van der Waals surface area contributed by atoms with E-state index in [1.807, 2.05) is 47.8 Å². The maximum Gasteiger partial charge on any atom is 0.238 e. The molecular formula is C20H26N2O4S2. The van der Waals surface area contributed by atoms with Crippen molar-refractivity contribution in [2.45, 2.75) is 32.0 Å². The van der Waals surface area contributed by atoms with Crippen LogP contribution in [0.2, 0.25) is 0 Å². The minimum absolute atomic E-state index is 0.137. The number of thiophene rings is 1. The highest BCUT2D eigenvalue weighted by Gasteiger charge is 2.28. The summed E-state index contributed by atoms with van der Waals surface area (Å²) in [6.07, 6.45) is 2.76. The molecule has 1 atom stereocenters. The first-order valence-corrected chi connectivity index (χ1v) is 12.1. The quantitative estimate of drug-likeness (QED) is 0.623. The first kappa shape index (κ1) is 21.0. The van der Waals surface area contributed by atoms with Gasteiger partial charge >= 0.3 is 0 Å². The van der Waals surface area contributed by atoms with Gasteiger partial charge < -0.3 is 9.64 Å². The van der Waals surface area contributed by atoms with Crippen LogP contribution in [0.1, 0.15) is 23.3 Å². The van der Waals surface area contributed by atoms with E-state index < -0.39 is 10.0 Å². The van der Waals surface area contributed by atoms with Gasteiger partial charge in [-0.15, -0.1) is 11.3 Å². The molecule has 0 spiro atoms. The highest BCUT2D eigenvalue weighted by Crippen LogP contribution is 2.18. The summed E-state index contributed by atoms with van der Waals surface area (Å²) in [4.78, 5) is 15.9. The second-order valence-electron chi connectivity index (χ2n) is 7.01. The van der Waals surface area contributed by atoms with Crippen LogP contribution in [-0.2, 0) is 32.6 Å². The first-order valence-electron chi connectivity index (χ1n) is 9.32. The van der Waals surface area contributed by atoms with Crippen molar-refractivity contribution in [2.24, 2.45) is 0 Å². The summed E-state index contributed by atoms with van der Waals surface area (Å²) in [5.41, 5.74) is 1.01. The summed E-state index contributed by atoms with van der Waals surface area (Å²) in [5, 5.41) is 1.97. The zero-order valence-electron chi connectivity index (χ0n) is 16.0. The lowest BCUT2D eigenvalue weighted by Gasteiger charge is -2.27. The van der Waals surface area contributed by atoms with E-state index in [4.69, 9.17) is 4.74 Å². The molecule has 0 aliphatic carbocycles. The summed E-state index contributed by atoms with van der Waals surface area (Å²) in [5.74, 6) is -0.208. The topological polar surface area (TPSA) is 66.9 Å². The Bertz CT molecular complexity index is 848. The second-order valence-corrected chi connectivity index (χ2v) is 10.0. The Morgan fingerprint density at radius 3 is 2.57 bits per heavy atom. The summed E-state index contributed by atoms with van der Waals surface area (Å²) >= 11 is 1.58. The molecule has 0 saturated carbocycles. The molecule has 0 radical (unpaired) electrons. The molecule has 3 rings (SSSR count). The van der Waals surface area contributed by atoms with Crippen LogP contribution in [0.15, 0.2) is 47.8 Å². The molecule has 0 N–H and O–H groups in total. The summed E-state index contributed by atoms with van der Waals surface area (Å²) in [6, 6.07) is 13.7. The van der Waals surface area contributed by atoms with Crippen molar-refractivity contribution in [3.8, 4) is 0 Å². The lowest BCUT2D eigenvalue weighted by molar-refractivity contribution is -0.132. The smallest absolute Gasteiger partial charge is 0.238 e. The number of amides is 1. The zero-order valence-corrected chi connectivity index (χ0v) is 17.6. The van der Waals surface area contributed by atoms with Gasteiger partial charge in [-0.3, -0.25) is 4.79 Å². The van der Waals surface area contributed by atoms with Gasteiger partial charge in [0, 0.05) is 24.6 Å². The van der Waals surface area contributed by atoms with Crippen LogP contribution in [0.4, 0.5) is 0 Å². The first-order chi connectivity index (χ1) is 13.4. The van der Waals surface area contributed by atoms with E-state index in [0.717, 1.165) is 29.5 Å². The number of nitrogens with zero attached hydrogens (tertiary/aromatic N) is 2. The summed E-state index contributed by atoms with van der Waals surface area (Å²) in [7, 11) is -3.51. The third-order valence-electron chi connectivity index (χ3n) is 4.71. The molecule has 1 aromatic carbocycles. The van der Waals surface area contributed by atoms with Crippen molar-refractivity contribution in [3.05, 3.63) is 58.3 Å². The number of carbonyl (C=O) groups excluding carboxylic acids is 1. The number of ether oxygens (including phenoxy) is 1. The highest BCUT2D eigenvalue weighted by molar-refractivity contribution is 7.88. The molecule has 28 heavy (non-hydrogen) atoms. The molecule has 2 heterocycles. The fraction of sp³-hybridized carbons (Fsp3) is 0.450. The summed E-state index contributed by atoms with van der Waals surface area (Å²) < 4.78 is 31.3. The number of benzene rings is 1. The molecule has 2 aromatic rings. The van der Waals surface area contributed by atoms with Crippen LogP contribution in [0.25, 0.3) is 0 Å². The third kappa shape index (κ3) is 6.13.